The molecular weight excluding hydrogens is 268 g/mol. The van der Waals surface area contributed by atoms with Crippen LogP contribution in [0.2, 0.25) is 0 Å². The molecule has 1 aliphatic carbocycles. The number of H-pyrrole nitrogens is 1. The van der Waals surface area contributed by atoms with Crippen LogP contribution in [-0.4, -0.2) is 33.9 Å². The largest absolute Gasteiger partial charge is 0.399 e. The van der Waals surface area contributed by atoms with Gasteiger partial charge in [-0.2, -0.15) is 5.10 Å². The Balaban J connectivity index is 1.82. The van der Waals surface area contributed by atoms with Crippen LogP contribution in [0.5, 0.6) is 0 Å². The molecule has 1 amide bonds. The number of aliphatic hydroxyl groups is 1. The normalized spacial score (nSPS) is 22.3. The molecule has 1 aromatic heterocycles. The third-order valence-electron chi connectivity index (χ3n) is 4.26. The van der Waals surface area contributed by atoms with Crippen LogP contribution in [0, 0.1) is 5.92 Å². The van der Waals surface area contributed by atoms with Crippen molar-refractivity contribution < 1.29 is 9.90 Å². The van der Waals surface area contributed by atoms with E-state index in [0.29, 0.717) is 11.4 Å². The maximum absolute atomic E-state index is 12.4. The van der Waals surface area contributed by atoms with Gasteiger partial charge in [0, 0.05) is 29.6 Å². The van der Waals surface area contributed by atoms with Crippen molar-refractivity contribution in [2.75, 3.05) is 12.3 Å². The number of anilines is 1. The Morgan fingerprint density at radius 1 is 1.43 bits per heavy atom. The third kappa shape index (κ3) is 2.71. The zero-order chi connectivity index (χ0) is 14.8. The number of benzene rings is 1. The van der Waals surface area contributed by atoms with Gasteiger partial charge in [0.2, 0.25) is 0 Å². The third-order valence-corrected chi connectivity index (χ3v) is 4.26. The Hall–Kier alpha value is -2.08. The van der Waals surface area contributed by atoms with Gasteiger partial charge in [-0.15, -0.1) is 0 Å². The van der Waals surface area contributed by atoms with Gasteiger partial charge in [-0.05, 0) is 31.0 Å². The summed E-state index contributed by atoms with van der Waals surface area (Å²) in [6.07, 6.45) is 4.05. The molecule has 6 nitrogen and oxygen atoms in total. The molecule has 0 spiro atoms. The van der Waals surface area contributed by atoms with E-state index in [2.05, 4.69) is 15.5 Å². The number of nitrogen functional groups attached to an aromatic ring is 1. The highest BCUT2D eigenvalue weighted by atomic mass is 16.3. The number of rotatable bonds is 3. The molecule has 112 valence electrons. The quantitative estimate of drug-likeness (QED) is 0.641. The molecule has 1 saturated carbocycles. The average Bonchev–Trinajstić information content (AvgIpc) is 2.90. The first-order valence-corrected chi connectivity index (χ1v) is 7.34. The second-order valence-electron chi connectivity index (χ2n) is 5.68. The summed E-state index contributed by atoms with van der Waals surface area (Å²) in [5.41, 5.74) is 7.52. The Morgan fingerprint density at radius 3 is 3.05 bits per heavy atom. The number of nitrogens with two attached hydrogens (primary N) is 1. The lowest BCUT2D eigenvalue weighted by atomic mass is 9.85. The smallest absolute Gasteiger partial charge is 0.272 e. The van der Waals surface area contributed by atoms with E-state index in [0.717, 1.165) is 36.6 Å². The van der Waals surface area contributed by atoms with E-state index in [1.807, 2.05) is 6.07 Å². The summed E-state index contributed by atoms with van der Waals surface area (Å²) < 4.78 is 0. The molecule has 2 unspecified atom stereocenters. The SMILES string of the molecule is Nc1ccc2[nH]nc(C(=O)NC3CCCCC3CO)c2c1. The first-order chi connectivity index (χ1) is 10.2. The van der Waals surface area contributed by atoms with E-state index in [9.17, 15) is 9.90 Å². The van der Waals surface area contributed by atoms with Gasteiger partial charge in [0.1, 0.15) is 0 Å². The number of aromatic amines is 1. The monoisotopic (exact) mass is 288 g/mol. The van der Waals surface area contributed by atoms with Gasteiger partial charge in [-0.1, -0.05) is 12.8 Å². The van der Waals surface area contributed by atoms with Crippen LogP contribution in [-0.2, 0) is 0 Å². The lowest BCUT2D eigenvalue weighted by molar-refractivity contribution is 0.0869. The Labute approximate surface area is 122 Å². The van der Waals surface area contributed by atoms with Crippen molar-refractivity contribution in [3.63, 3.8) is 0 Å². The number of nitrogens with one attached hydrogen (secondary N) is 2. The minimum atomic E-state index is -0.211. The highest BCUT2D eigenvalue weighted by Crippen LogP contribution is 2.25. The molecule has 21 heavy (non-hydrogen) atoms. The minimum absolute atomic E-state index is 0.0176. The fraction of sp³-hybridized carbons (Fsp3) is 0.467. The number of hydrogen-bond acceptors (Lipinski definition) is 4. The summed E-state index contributed by atoms with van der Waals surface area (Å²) >= 11 is 0. The molecule has 0 saturated heterocycles. The van der Waals surface area contributed by atoms with Crippen molar-refractivity contribution >= 4 is 22.5 Å². The Kier molecular flexibility index (Phi) is 3.79. The lowest BCUT2D eigenvalue weighted by Crippen LogP contribution is -2.43. The fourth-order valence-corrected chi connectivity index (χ4v) is 3.06. The van der Waals surface area contributed by atoms with E-state index in [4.69, 9.17) is 5.73 Å². The zero-order valence-corrected chi connectivity index (χ0v) is 11.8. The lowest BCUT2D eigenvalue weighted by Gasteiger charge is -2.30. The van der Waals surface area contributed by atoms with Crippen LogP contribution in [0.15, 0.2) is 18.2 Å². The summed E-state index contributed by atoms with van der Waals surface area (Å²) in [5, 5.41) is 20.1. The van der Waals surface area contributed by atoms with Gasteiger partial charge in [0.25, 0.3) is 5.91 Å². The molecule has 0 aliphatic heterocycles. The van der Waals surface area contributed by atoms with Crippen molar-refractivity contribution in [1.82, 2.24) is 15.5 Å². The Bertz CT molecular complexity index is 652. The van der Waals surface area contributed by atoms with Gasteiger partial charge in [-0.25, -0.2) is 0 Å². The van der Waals surface area contributed by atoms with E-state index in [1.54, 1.807) is 12.1 Å². The number of aliphatic hydroxyl groups excluding tert-OH is 1. The van der Waals surface area contributed by atoms with Crippen LogP contribution in [0.25, 0.3) is 10.9 Å². The molecule has 1 fully saturated rings. The highest BCUT2D eigenvalue weighted by Gasteiger charge is 2.27. The predicted molar refractivity (Wildman–Crippen MR) is 80.8 cm³/mol. The molecule has 5 N–H and O–H groups in total. The van der Waals surface area contributed by atoms with Crippen molar-refractivity contribution in [3.05, 3.63) is 23.9 Å². The van der Waals surface area contributed by atoms with Crippen LogP contribution in [0.1, 0.15) is 36.2 Å². The van der Waals surface area contributed by atoms with Crippen LogP contribution in [0.3, 0.4) is 0 Å². The van der Waals surface area contributed by atoms with E-state index < -0.39 is 0 Å². The second-order valence-corrected chi connectivity index (χ2v) is 5.68. The Morgan fingerprint density at radius 2 is 2.24 bits per heavy atom. The van der Waals surface area contributed by atoms with Crippen molar-refractivity contribution in [2.24, 2.45) is 5.92 Å². The number of fused-ring (bicyclic) bond motifs is 1. The van der Waals surface area contributed by atoms with Gasteiger partial charge in [0.15, 0.2) is 5.69 Å². The molecule has 1 aromatic carbocycles. The number of carbonyl (C=O) groups excluding carboxylic acids is 1. The molecule has 1 heterocycles. The van der Waals surface area contributed by atoms with Gasteiger partial charge < -0.3 is 16.2 Å². The minimum Gasteiger partial charge on any atom is -0.399 e. The van der Waals surface area contributed by atoms with E-state index in [-0.39, 0.29) is 24.5 Å². The topological polar surface area (TPSA) is 104 Å². The number of amides is 1. The molecule has 1 aliphatic rings. The van der Waals surface area contributed by atoms with Crippen molar-refractivity contribution in [3.8, 4) is 0 Å². The summed E-state index contributed by atoms with van der Waals surface area (Å²) in [7, 11) is 0. The molecular formula is C15H20N4O2. The standard InChI is InChI=1S/C15H20N4O2/c16-10-5-6-13-11(7-10)14(19-18-13)15(21)17-12-4-2-1-3-9(12)8-20/h5-7,9,12,20H,1-4,8,16H2,(H,17,21)(H,18,19). The fourth-order valence-electron chi connectivity index (χ4n) is 3.06. The van der Waals surface area contributed by atoms with Gasteiger partial charge in [0.05, 0.1) is 5.52 Å². The maximum Gasteiger partial charge on any atom is 0.272 e. The number of carbonyl (C=O) groups is 1. The first kappa shape index (κ1) is 13.9. The molecule has 0 radical (unpaired) electrons. The molecule has 6 heteroatoms. The second kappa shape index (κ2) is 5.73. The molecule has 0 bridgehead atoms. The highest BCUT2D eigenvalue weighted by molar-refractivity contribution is 6.05. The van der Waals surface area contributed by atoms with Crippen LogP contribution in [0.4, 0.5) is 5.69 Å². The van der Waals surface area contributed by atoms with Gasteiger partial charge >= 0.3 is 0 Å². The predicted octanol–water partition coefficient (Wildman–Crippen LogP) is 1.43. The van der Waals surface area contributed by atoms with E-state index >= 15 is 0 Å². The molecule has 2 atom stereocenters. The molecule has 2 aromatic rings. The summed E-state index contributed by atoms with van der Waals surface area (Å²) in [6, 6.07) is 5.35. The summed E-state index contributed by atoms with van der Waals surface area (Å²) in [4.78, 5) is 12.4. The number of hydrogen-bond donors (Lipinski definition) is 4. The average molecular weight is 288 g/mol. The summed E-state index contributed by atoms with van der Waals surface area (Å²) in [5.74, 6) is -0.0739. The summed E-state index contributed by atoms with van der Waals surface area (Å²) in [6.45, 7) is 0.110. The van der Waals surface area contributed by atoms with Crippen LogP contribution < -0.4 is 11.1 Å². The van der Waals surface area contributed by atoms with Crippen molar-refractivity contribution in [2.45, 2.75) is 31.7 Å². The molecule has 3 rings (SSSR count). The van der Waals surface area contributed by atoms with E-state index in [1.165, 1.54) is 0 Å². The first-order valence-electron chi connectivity index (χ1n) is 7.34. The number of aromatic nitrogens is 2. The number of nitrogens with zero attached hydrogens (tertiary/aromatic N) is 1. The van der Waals surface area contributed by atoms with Gasteiger partial charge in [-0.3, -0.25) is 9.89 Å². The van der Waals surface area contributed by atoms with Crippen molar-refractivity contribution in [1.29, 1.82) is 0 Å². The zero-order valence-electron chi connectivity index (χ0n) is 11.8. The maximum atomic E-state index is 12.4. The van der Waals surface area contributed by atoms with Crippen LogP contribution >= 0.6 is 0 Å².